The summed E-state index contributed by atoms with van der Waals surface area (Å²) < 4.78 is 24.1. The molecule has 1 aliphatic carbocycles. The van der Waals surface area contributed by atoms with Crippen molar-refractivity contribution in [2.24, 2.45) is 5.41 Å². The third-order valence-electron chi connectivity index (χ3n) is 7.97. The Morgan fingerprint density at radius 2 is 1.41 bits per heavy atom. The smallest absolute Gasteiger partial charge is 0.180 e. The van der Waals surface area contributed by atoms with Crippen molar-refractivity contribution in [3.63, 3.8) is 0 Å². The van der Waals surface area contributed by atoms with E-state index in [0.717, 1.165) is 46.6 Å². The Kier molecular flexibility index (Phi) is 6.69. The molecule has 1 saturated carbocycles. The molecule has 5 nitrogen and oxygen atoms in total. The van der Waals surface area contributed by atoms with Crippen LogP contribution < -0.4 is 9.47 Å². The fourth-order valence-electron chi connectivity index (χ4n) is 5.39. The minimum atomic E-state index is -1.03. The molecule has 2 aliphatic heterocycles. The fraction of sp³-hybridized carbons (Fsp3) is 0.344. The topological polar surface area (TPSA) is 54.0 Å². The maximum atomic E-state index is 13.5. The first-order valence-electron chi connectivity index (χ1n) is 12.7. The maximum absolute atomic E-state index is 13.5. The van der Waals surface area contributed by atoms with Gasteiger partial charge in [-0.05, 0) is 62.5 Å². The molecule has 2 aromatic rings. The lowest BCUT2D eigenvalue weighted by Gasteiger charge is -2.37. The van der Waals surface area contributed by atoms with E-state index in [0.29, 0.717) is 0 Å². The van der Waals surface area contributed by atoms with Crippen LogP contribution in [-0.4, -0.2) is 38.0 Å². The van der Waals surface area contributed by atoms with Gasteiger partial charge >= 0.3 is 0 Å². The van der Waals surface area contributed by atoms with Crippen molar-refractivity contribution in [1.82, 2.24) is 0 Å². The van der Waals surface area contributed by atoms with E-state index in [2.05, 4.69) is 6.08 Å². The summed E-state index contributed by atoms with van der Waals surface area (Å²) in [4.78, 5) is 13.5. The summed E-state index contributed by atoms with van der Waals surface area (Å²) in [5.41, 5.74) is 4.35. The molecule has 37 heavy (non-hydrogen) atoms. The van der Waals surface area contributed by atoms with Crippen molar-refractivity contribution >= 4 is 17.9 Å². The Balaban J connectivity index is 1.55. The zero-order chi connectivity index (χ0) is 26.2. The summed E-state index contributed by atoms with van der Waals surface area (Å²) in [7, 11) is 3.34. The third-order valence-corrected chi connectivity index (χ3v) is 7.97. The van der Waals surface area contributed by atoms with E-state index >= 15 is 0 Å². The number of rotatable bonds is 6. The predicted octanol–water partition coefficient (Wildman–Crippen LogP) is 6.56. The van der Waals surface area contributed by atoms with Crippen molar-refractivity contribution in [3.8, 4) is 11.5 Å². The summed E-state index contributed by atoms with van der Waals surface area (Å²) in [6.45, 7) is 5.74. The molecular formula is C32H34O5. The molecule has 0 N–H and O–H groups in total. The van der Waals surface area contributed by atoms with E-state index in [1.165, 1.54) is 5.57 Å². The second kappa shape index (κ2) is 9.81. The molecule has 2 fully saturated rings. The zero-order valence-electron chi connectivity index (χ0n) is 22.1. The van der Waals surface area contributed by atoms with Gasteiger partial charge in [0.1, 0.15) is 23.7 Å². The Hall–Kier alpha value is -3.41. The van der Waals surface area contributed by atoms with E-state index < -0.39 is 17.3 Å². The number of ketones is 1. The monoisotopic (exact) mass is 498 g/mol. The molecule has 1 saturated heterocycles. The van der Waals surface area contributed by atoms with Crippen molar-refractivity contribution < 1.29 is 23.7 Å². The number of allylic oxidation sites excluding steroid dienone is 2. The van der Waals surface area contributed by atoms with E-state index in [4.69, 9.17) is 18.9 Å². The molecule has 192 valence electrons. The first kappa shape index (κ1) is 25.2. The highest BCUT2D eigenvalue weighted by Gasteiger charge is 2.62. The van der Waals surface area contributed by atoms with Gasteiger partial charge in [0.15, 0.2) is 11.6 Å². The lowest BCUT2D eigenvalue weighted by atomic mass is 9.78. The molecule has 0 radical (unpaired) electrons. The lowest BCUT2D eigenvalue weighted by Crippen LogP contribution is -2.46. The average Bonchev–Trinajstić information content (AvgIpc) is 3.31. The van der Waals surface area contributed by atoms with Gasteiger partial charge in [-0.15, -0.1) is 0 Å². The van der Waals surface area contributed by atoms with Crippen LogP contribution in [0, 0.1) is 5.41 Å². The molecule has 2 heterocycles. The number of hydrogen-bond donors (Lipinski definition) is 0. The van der Waals surface area contributed by atoms with Crippen LogP contribution >= 0.6 is 0 Å². The van der Waals surface area contributed by atoms with Crippen LogP contribution in [0.3, 0.4) is 0 Å². The van der Waals surface area contributed by atoms with Gasteiger partial charge in [-0.1, -0.05) is 66.8 Å². The normalized spacial score (nSPS) is 27.8. The largest absolute Gasteiger partial charge is 0.496 e. The number of hydrogen-bond acceptors (Lipinski definition) is 5. The fourth-order valence-corrected chi connectivity index (χ4v) is 5.39. The van der Waals surface area contributed by atoms with Crippen LogP contribution in [0.25, 0.3) is 12.2 Å². The van der Waals surface area contributed by atoms with Crippen molar-refractivity contribution in [2.75, 3.05) is 14.2 Å². The van der Waals surface area contributed by atoms with Gasteiger partial charge in [-0.25, -0.2) is 0 Å². The molecule has 3 atom stereocenters. The standard InChI is InChI=1S/C32H34O5/c1-31(2)30(33)29-25(19-17-22-12-7-9-16-27(22)35-5)24-20-18-23(28(24)36-32(31,3)37-29)14-10-13-21-11-6-8-15-26(21)34-4/h6-17,19,28-29H,18,20H2,1-5H3/b13-10+,19-17+,23-14-/t28-,29+,32-/m0/s1. The molecule has 0 amide bonds. The number of carbonyl (C=O) groups excluding carboxylic acids is 1. The van der Waals surface area contributed by atoms with Gasteiger partial charge < -0.3 is 18.9 Å². The number of methoxy groups -OCH3 is 2. The van der Waals surface area contributed by atoms with Gasteiger partial charge in [-0.3, -0.25) is 4.79 Å². The number of ether oxygens (including phenoxy) is 4. The van der Waals surface area contributed by atoms with Crippen molar-refractivity contribution in [1.29, 1.82) is 0 Å². The highest BCUT2D eigenvalue weighted by Crippen LogP contribution is 2.53. The quantitative estimate of drug-likeness (QED) is 0.452. The Bertz CT molecular complexity index is 1330. The molecule has 3 aliphatic rings. The van der Waals surface area contributed by atoms with Crippen molar-refractivity contribution in [2.45, 2.75) is 51.6 Å². The molecule has 0 aromatic heterocycles. The molecule has 0 spiro atoms. The average molecular weight is 499 g/mol. The summed E-state index contributed by atoms with van der Waals surface area (Å²) in [5.74, 6) is 0.634. The first-order valence-corrected chi connectivity index (χ1v) is 12.7. The predicted molar refractivity (Wildman–Crippen MR) is 145 cm³/mol. The van der Waals surface area contributed by atoms with Crippen LogP contribution in [0.5, 0.6) is 11.5 Å². The third kappa shape index (κ3) is 4.36. The number of fused-ring (bicyclic) bond motifs is 3. The first-order chi connectivity index (χ1) is 17.8. The Morgan fingerprint density at radius 1 is 0.811 bits per heavy atom. The molecule has 0 unspecified atom stereocenters. The van der Waals surface area contributed by atoms with Crippen molar-refractivity contribution in [3.05, 3.63) is 94.6 Å². The van der Waals surface area contributed by atoms with E-state index in [-0.39, 0.29) is 11.9 Å². The number of para-hydroxylation sites is 2. The molecular weight excluding hydrogens is 464 g/mol. The highest BCUT2D eigenvalue weighted by molar-refractivity contribution is 5.95. The lowest BCUT2D eigenvalue weighted by molar-refractivity contribution is -0.252. The SMILES string of the molecule is COc1ccccc1/C=C/C=C1/CCC2=C(/C=C/c3ccccc3OC)[C@H]3O[C@](C)(O[C@H]21)C(C)(C)C3=O. The number of benzene rings is 2. The van der Waals surface area contributed by atoms with Crippen LogP contribution in [0.2, 0.25) is 0 Å². The maximum Gasteiger partial charge on any atom is 0.180 e. The summed E-state index contributed by atoms with van der Waals surface area (Å²) >= 11 is 0. The molecule has 2 bridgehead atoms. The van der Waals surface area contributed by atoms with Gasteiger partial charge in [0.25, 0.3) is 0 Å². The van der Waals surface area contributed by atoms with Gasteiger partial charge in [0, 0.05) is 11.1 Å². The van der Waals surface area contributed by atoms with E-state index in [1.807, 2.05) is 93.6 Å². The minimum Gasteiger partial charge on any atom is -0.496 e. The van der Waals surface area contributed by atoms with Crippen LogP contribution in [0.1, 0.15) is 44.7 Å². The second-order valence-corrected chi connectivity index (χ2v) is 10.3. The summed E-state index contributed by atoms with van der Waals surface area (Å²) in [6, 6.07) is 15.8. The van der Waals surface area contributed by atoms with Crippen LogP contribution in [0.4, 0.5) is 0 Å². The summed E-state index contributed by atoms with van der Waals surface area (Å²) in [6.07, 6.45) is 11.0. The number of carbonyl (C=O) groups is 1. The molecule has 2 aromatic carbocycles. The van der Waals surface area contributed by atoms with Crippen LogP contribution in [0.15, 0.2) is 83.5 Å². The van der Waals surface area contributed by atoms with Gasteiger partial charge in [-0.2, -0.15) is 0 Å². The zero-order valence-corrected chi connectivity index (χ0v) is 22.1. The van der Waals surface area contributed by atoms with E-state index in [9.17, 15) is 4.79 Å². The Labute approximate surface area is 219 Å². The number of Topliss-reactive ketones (excluding diaryl/α,β-unsaturated/α-hetero) is 1. The van der Waals surface area contributed by atoms with Crippen LogP contribution in [-0.2, 0) is 14.3 Å². The molecule has 5 rings (SSSR count). The minimum absolute atomic E-state index is 0.0501. The van der Waals surface area contributed by atoms with Gasteiger partial charge in [0.2, 0.25) is 0 Å². The second-order valence-electron chi connectivity index (χ2n) is 10.3. The highest BCUT2D eigenvalue weighted by atomic mass is 16.7. The Morgan fingerprint density at radius 3 is 2.05 bits per heavy atom. The van der Waals surface area contributed by atoms with E-state index in [1.54, 1.807) is 14.2 Å². The summed E-state index contributed by atoms with van der Waals surface area (Å²) in [5, 5.41) is 0. The molecule has 5 heteroatoms. The van der Waals surface area contributed by atoms with Gasteiger partial charge in [0.05, 0.1) is 19.6 Å².